The van der Waals surface area contributed by atoms with E-state index in [2.05, 4.69) is 5.32 Å². The van der Waals surface area contributed by atoms with Crippen LogP contribution in [0.1, 0.15) is 5.56 Å². The van der Waals surface area contributed by atoms with Gasteiger partial charge in [0.05, 0.1) is 12.6 Å². The van der Waals surface area contributed by atoms with Crippen molar-refractivity contribution in [2.75, 3.05) is 6.54 Å². The summed E-state index contributed by atoms with van der Waals surface area (Å²) in [6, 6.07) is 5.37. The van der Waals surface area contributed by atoms with Crippen LogP contribution >= 0.6 is 0 Å². The van der Waals surface area contributed by atoms with E-state index in [0.717, 1.165) is 5.56 Å². The molecular formula is C12H16N2O5. The number of nitrogens with one attached hydrogen (secondary N) is 1. The maximum absolute atomic E-state index is 11.6. The number of aliphatic carboxylic acids is 1. The first kappa shape index (κ1) is 14.9. The van der Waals surface area contributed by atoms with E-state index in [0.29, 0.717) is 0 Å². The first-order chi connectivity index (χ1) is 8.90. The maximum atomic E-state index is 11.6. The highest BCUT2D eigenvalue weighted by Gasteiger charge is 2.18. The Morgan fingerprint density at radius 3 is 2.37 bits per heavy atom. The Labute approximate surface area is 109 Å². The molecule has 0 aliphatic heterocycles. The number of hydrogen-bond donors (Lipinski definition) is 5. The van der Waals surface area contributed by atoms with Crippen molar-refractivity contribution in [1.29, 1.82) is 0 Å². The van der Waals surface area contributed by atoms with Crippen molar-refractivity contribution in [3.8, 4) is 5.75 Å². The first-order valence-corrected chi connectivity index (χ1v) is 5.62. The summed E-state index contributed by atoms with van der Waals surface area (Å²) in [5, 5.41) is 28.8. The van der Waals surface area contributed by atoms with Gasteiger partial charge in [-0.25, -0.2) is 4.79 Å². The Morgan fingerprint density at radius 1 is 1.26 bits per heavy atom. The predicted octanol–water partition coefficient (Wildman–Crippen LogP) is -1.18. The molecule has 0 aromatic heterocycles. The zero-order valence-electron chi connectivity index (χ0n) is 10.1. The lowest BCUT2D eigenvalue weighted by molar-refractivity contribution is -0.146. The minimum absolute atomic E-state index is 0.117. The summed E-state index contributed by atoms with van der Waals surface area (Å²) in [6.07, 6.45) is -1.40. The van der Waals surface area contributed by atoms with Crippen LogP contribution in [0.15, 0.2) is 24.3 Å². The smallest absolute Gasteiger partial charge is 0.334 e. The molecule has 0 heterocycles. The molecule has 7 heteroatoms. The van der Waals surface area contributed by atoms with E-state index >= 15 is 0 Å². The third-order valence-corrected chi connectivity index (χ3v) is 2.48. The van der Waals surface area contributed by atoms with Gasteiger partial charge < -0.3 is 26.4 Å². The number of amides is 1. The topological polar surface area (TPSA) is 133 Å². The van der Waals surface area contributed by atoms with Crippen LogP contribution in [0, 0.1) is 0 Å². The van der Waals surface area contributed by atoms with Crippen molar-refractivity contribution in [3.05, 3.63) is 29.8 Å². The highest BCUT2D eigenvalue weighted by atomic mass is 16.4. The van der Waals surface area contributed by atoms with Crippen molar-refractivity contribution in [1.82, 2.24) is 5.32 Å². The maximum Gasteiger partial charge on any atom is 0.334 e. The lowest BCUT2D eigenvalue weighted by Crippen LogP contribution is -2.45. The number of carbonyl (C=O) groups excluding carboxylic acids is 1. The Hall–Kier alpha value is -2.12. The molecule has 104 valence electrons. The normalized spacial score (nSPS) is 13.6. The molecule has 0 fully saturated rings. The molecule has 1 unspecified atom stereocenters. The lowest BCUT2D eigenvalue weighted by atomic mass is 10.1. The van der Waals surface area contributed by atoms with Gasteiger partial charge in [0.2, 0.25) is 5.91 Å². The number of nitrogens with two attached hydrogens (primary N) is 1. The van der Waals surface area contributed by atoms with E-state index in [9.17, 15) is 9.59 Å². The Morgan fingerprint density at radius 2 is 1.84 bits per heavy atom. The number of carbonyl (C=O) groups is 2. The molecule has 2 atom stereocenters. The number of aromatic hydroxyl groups is 1. The molecule has 0 bridgehead atoms. The molecule has 1 amide bonds. The number of carboxylic acid groups (broad SMARTS) is 1. The monoisotopic (exact) mass is 268 g/mol. The van der Waals surface area contributed by atoms with Gasteiger partial charge in [0.15, 0.2) is 6.10 Å². The van der Waals surface area contributed by atoms with E-state index < -0.39 is 30.6 Å². The van der Waals surface area contributed by atoms with Crippen LogP contribution in [-0.2, 0) is 16.0 Å². The number of aliphatic hydroxyl groups excluding tert-OH is 1. The third kappa shape index (κ3) is 4.94. The van der Waals surface area contributed by atoms with Crippen LogP contribution in [0.25, 0.3) is 0 Å². The van der Waals surface area contributed by atoms with Crippen LogP contribution in [0.4, 0.5) is 0 Å². The standard InChI is InChI=1S/C12H16N2O5/c13-9(5-7-1-3-8(15)4-2-7)11(17)14-6-10(16)12(18)19/h1-4,9-10,15-16H,5-6,13H2,(H,14,17)(H,18,19)/t9-,10?/m1/s1. The summed E-state index contributed by atoms with van der Waals surface area (Å²) < 4.78 is 0. The second-order valence-corrected chi connectivity index (χ2v) is 4.08. The predicted molar refractivity (Wildman–Crippen MR) is 66.4 cm³/mol. The quantitative estimate of drug-likeness (QED) is 0.441. The van der Waals surface area contributed by atoms with Gasteiger partial charge in [-0.2, -0.15) is 0 Å². The van der Waals surface area contributed by atoms with Gasteiger partial charge in [-0.05, 0) is 24.1 Å². The Bertz CT molecular complexity index is 446. The highest BCUT2D eigenvalue weighted by Crippen LogP contribution is 2.10. The second kappa shape index (κ2) is 6.72. The summed E-state index contributed by atoms with van der Waals surface area (Å²) >= 11 is 0. The zero-order valence-corrected chi connectivity index (χ0v) is 10.1. The van der Waals surface area contributed by atoms with Crippen LogP contribution in [0.5, 0.6) is 5.75 Å². The summed E-state index contributed by atoms with van der Waals surface area (Å²) in [4.78, 5) is 21.9. The van der Waals surface area contributed by atoms with Gasteiger partial charge in [0, 0.05) is 0 Å². The van der Waals surface area contributed by atoms with E-state index in [1.807, 2.05) is 0 Å². The van der Waals surface area contributed by atoms with Gasteiger partial charge in [-0.1, -0.05) is 12.1 Å². The molecule has 0 saturated carbocycles. The van der Waals surface area contributed by atoms with Crippen LogP contribution in [0.3, 0.4) is 0 Å². The van der Waals surface area contributed by atoms with E-state index in [1.165, 1.54) is 12.1 Å². The van der Waals surface area contributed by atoms with Crippen molar-refractivity contribution >= 4 is 11.9 Å². The molecule has 0 radical (unpaired) electrons. The fourth-order valence-electron chi connectivity index (χ4n) is 1.39. The summed E-state index contributed by atoms with van der Waals surface area (Å²) in [6.45, 7) is -0.391. The van der Waals surface area contributed by atoms with Crippen molar-refractivity contribution in [2.24, 2.45) is 5.73 Å². The van der Waals surface area contributed by atoms with Gasteiger partial charge >= 0.3 is 5.97 Å². The van der Waals surface area contributed by atoms with E-state index in [4.69, 9.17) is 21.1 Å². The molecule has 6 N–H and O–H groups in total. The van der Waals surface area contributed by atoms with Crippen molar-refractivity contribution in [3.63, 3.8) is 0 Å². The molecule has 0 spiro atoms. The molecular weight excluding hydrogens is 252 g/mol. The summed E-state index contributed by atoms with van der Waals surface area (Å²) in [7, 11) is 0. The molecule has 1 aromatic carbocycles. The largest absolute Gasteiger partial charge is 0.508 e. The van der Waals surface area contributed by atoms with Gasteiger partial charge in [-0.15, -0.1) is 0 Å². The average molecular weight is 268 g/mol. The number of aliphatic hydroxyl groups is 1. The van der Waals surface area contributed by atoms with Crippen LogP contribution in [0.2, 0.25) is 0 Å². The van der Waals surface area contributed by atoms with Crippen LogP contribution < -0.4 is 11.1 Å². The number of phenols is 1. The third-order valence-electron chi connectivity index (χ3n) is 2.48. The SMILES string of the molecule is N[C@H](Cc1ccc(O)cc1)C(=O)NCC(O)C(=O)O. The van der Waals surface area contributed by atoms with E-state index in [1.54, 1.807) is 12.1 Å². The fourth-order valence-corrected chi connectivity index (χ4v) is 1.39. The number of benzene rings is 1. The molecule has 19 heavy (non-hydrogen) atoms. The van der Waals surface area contributed by atoms with Gasteiger partial charge in [-0.3, -0.25) is 4.79 Å². The summed E-state index contributed by atoms with van der Waals surface area (Å²) in [5.74, 6) is -1.84. The Kier molecular flexibility index (Phi) is 5.28. The summed E-state index contributed by atoms with van der Waals surface area (Å²) in [5.41, 5.74) is 6.41. The number of hydrogen-bond acceptors (Lipinski definition) is 5. The molecule has 0 aliphatic carbocycles. The molecule has 1 rings (SSSR count). The lowest BCUT2D eigenvalue weighted by Gasteiger charge is -2.13. The molecule has 0 aliphatic rings. The highest BCUT2D eigenvalue weighted by molar-refractivity contribution is 5.82. The number of phenolic OH excluding ortho intramolecular Hbond substituents is 1. The van der Waals surface area contributed by atoms with Crippen molar-refractivity contribution < 1.29 is 24.9 Å². The fraction of sp³-hybridized carbons (Fsp3) is 0.333. The van der Waals surface area contributed by atoms with Crippen LogP contribution in [-0.4, -0.2) is 45.9 Å². The number of carboxylic acids is 1. The molecule has 7 nitrogen and oxygen atoms in total. The first-order valence-electron chi connectivity index (χ1n) is 5.62. The van der Waals surface area contributed by atoms with E-state index in [-0.39, 0.29) is 12.2 Å². The zero-order chi connectivity index (χ0) is 14.4. The van der Waals surface area contributed by atoms with Gasteiger partial charge in [0.1, 0.15) is 5.75 Å². The molecule has 0 saturated heterocycles. The molecule has 1 aromatic rings. The Balaban J connectivity index is 2.44. The minimum Gasteiger partial charge on any atom is -0.508 e. The number of rotatable bonds is 6. The second-order valence-electron chi connectivity index (χ2n) is 4.08. The van der Waals surface area contributed by atoms with Crippen molar-refractivity contribution in [2.45, 2.75) is 18.6 Å². The minimum atomic E-state index is -1.65. The average Bonchev–Trinajstić information content (AvgIpc) is 2.37. The van der Waals surface area contributed by atoms with Gasteiger partial charge in [0.25, 0.3) is 0 Å².